The van der Waals surface area contributed by atoms with Crippen molar-refractivity contribution in [1.82, 2.24) is 9.88 Å². The summed E-state index contributed by atoms with van der Waals surface area (Å²) in [6.07, 6.45) is 2.75. The number of rotatable bonds is 11. The molecule has 0 saturated carbocycles. The van der Waals surface area contributed by atoms with Gasteiger partial charge in [0.1, 0.15) is 12.4 Å². The van der Waals surface area contributed by atoms with Crippen molar-refractivity contribution in [3.05, 3.63) is 126 Å². The van der Waals surface area contributed by atoms with Crippen molar-refractivity contribution < 1.29 is 19.0 Å². The maximum Gasteiger partial charge on any atom is 0.254 e. The Morgan fingerprint density at radius 3 is 2.44 bits per heavy atom. The summed E-state index contributed by atoms with van der Waals surface area (Å²) in [7, 11) is 3.23. The third-order valence-corrected chi connectivity index (χ3v) is 6.77. The second-order valence-electron chi connectivity index (χ2n) is 9.33. The first-order valence-electron chi connectivity index (χ1n) is 13.0. The zero-order chi connectivity index (χ0) is 27.0. The molecule has 6 nitrogen and oxygen atoms in total. The van der Waals surface area contributed by atoms with Crippen molar-refractivity contribution in [2.75, 3.05) is 20.8 Å². The van der Waals surface area contributed by atoms with Crippen LogP contribution in [-0.4, -0.2) is 36.6 Å². The van der Waals surface area contributed by atoms with Crippen molar-refractivity contribution >= 4 is 16.8 Å². The number of benzene rings is 4. The minimum absolute atomic E-state index is 0.0590. The molecule has 0 bridgehead atoms. The topological polar surface area (TPSA) is 63.8 Å². The molecule has 1 amide bonds. The van der Waals surface area contributed by atoms with Crippen molar-refractivity contribution in [2.45, 2.75) is 19.6 Å². The van der Waals surface area contributed by atoms with Gasteiger partial charge in [0.15, 0.2) is 11.5 Å². The number of H-pyrrole nitrogens is 1. The van der Waals surface area contributed by atoms with E-state index in [4.69, 9.17) is 14.2 Å². The van der Waals surface area contributed by atoms with Gasteiger partial charge in [-0.25, -0.2) is 0 Å². The first kappa shape index (κ1) is 25.9. The molecule has 0 fully saturated rings. The normalized spacial score (nSPS) is 10.8. The molecular formula is C33H32N2O4. The SMILES string of the molecule is COc1cccc(C(=O)N(CCc2c[nH]c3ccccc23)Cc2ccc(OC)c(OCc3ccccc3)c2)c1. The Morgan fingerprint density at radius 1 is 0.795 bits per heavy atom. The van der Waals surface area contributed by atoms with Gasteiger partial charge < -0.3 is 24.1 Å². The number of aromatic amines is 1. The second kappa shape index (κ2) is 12.2. The fraction of sp³-hybridized carbons (Fsp3) is 0.182. The van der Waals surface area contributed by atoms with E-state index in [1.807, 2.05) is 90.0 Å². The number of carbonyl (C=O) groups is 1. The summed E-state index contributed by atoms with van der Waals surface area (Å²) >= 11 is 0. The highest BCUT2D eigenvalue weighted by Gasteiger charge is 2.19. The minimum Gasteiger partial charge on any atom is -0.497 e. The molecule has 0 atom stereocenters. The molecule has 198 valence electrons. The van der Waals surface area contributed by atoms with Gasteiger partial charge in [-0.2, -0.15) is 0 Å². The zero-order valence-electron chi connectivity index (χ0n) is 22.2. The predicted molar refractivity (Wildman–Crippen MR) is 154 cm³/mol. The van der Waals surface area contributed by atoms with Gasteiger partial charge in [-0.3, -0.25) is 4.79 Å². The molecule has 0 aliphatic heterocycles. The van der Waals surface area contributed by atoms with Gasteiger partial charge in [-0.1, -0.05) is 60.7 Å². The lowest BCUT2D eigenvalue weighted by atomic mass is 10.1. The molecule has 0 aliphatic carbocycles. The highest BCUT2D eigenvalue weighted by Crippen LogP contribution is 2.30. The fourth-order valence-electron chi connectivity index (χ4n) is 4.67. The Labute approximate surface area is 228 Å². The van der Waals surface area contributed by atoms with Crippen molar-refractivity contribution in [2.24, 2.45) is 0 Å². The number of carbonyl (C=O) groups excluding carboxylic acids is 1. The van der Waals surface area contributed by atoms with Crippen molar-refractivity contribution in [3.8, 4) is 17.2 Å². The molecule has 39 heavy (non-hydrogen) atoms. The average molecular weight is 521 g/mol. The maximum atomic E-state index is 13.8. The average Bonchev–Trinajstić information content (AvgIpc) is 3.41. The Hall–Kier alpha value is -4.71. The van der Waals surface area contributed by atoms with E-state index in [-0.39, 0.29) is 5.91 Å². The van der Waals surface area contributed by atoms with Crippen LogP contribution in [0.3, 0.4) is 0 Å². The summed E-state index contributed by atoms with van der Waals surface area (Å²) in [5.74, 6) is 1.89. The largest absolute Gasteiger partial charge is 0.497 e. The lowest BCUT2D eigenvalue weighted by Gasteiger charge is -2.24. The Morgan fingerprint density at radius 2 is 1.62 bits per heavy atom. The van der Waals surface area contributed by atoms with E-state index in [9.17, 15) is 4.79 Å². The van der Waals surface area contributed by atoms with E-state index in [1.165, 1.54) is 10.9 Å². The van der Waals surface area contributed by atoms with Crippen LogP contribution in [0.25, 0.3) is 10.9 Å². The summed E-state index contributed by atoms with van der Waals surface area (Å²) in [5, 5.41) is 1.17. The van der Waals surface area contributed by atoms with Crippen LogP contribution < -0.4 is 14.2 Å². The summed E-state index contributed by atoms with van der Waals surface area (Å²) in [6, 6.07) is 31.3. The molecule has 0 aliphatic rings. The van der Waals surface area contributed by atoms with E-state index in [2.05, 4.69) is 17.1 Å². The molecule has 6 heteroatoms. The first-order chi connectivity index (χ1) is 19.1. The van der Waals surface area contributed by atoms with Gasteiger partial charge in [0.25, 0.3) is 5.91 Å². The van der Waals surface area contributed by atoms with Crippen LogP contribution in [0.1, 0.15) is 27.0 Å². The Kier molecular flexibility index (Phi) is 8.12. The van der Waals surface area contributed by atoms with Crippen LogP contribution in [0.5, 0.6) is 17.2 Å². The molecule has 0 unspecified atom stereocenters. The third kappa shape index (κ3) is 6.24. The third-order valence-electron chi connectivity index (χ3n) is 6.77. The van der Waals surface area contributed by atoms with E-state index >= 15 is 0 Å². The number of aromatic nitrogens is 1. The monoisotopic (exact) mass is 520 g/mol. The second-order valence-corrected chi connectivity index (χ2v) is 9.33. The van der Waals surface area contributed by atoms with Gasteiger partial charge in [-0.05, 0) is 59.5 Å². The van der Waals surface area contributed by atoms with Crippen LogP contribution in [0, 0.1) is 0 Å². The first-order valence-corrected chi connectivity index (χ1v) is 13.0. The lowest BCUT2D eigenvalue weighted by molar-refractivity contribution is 0.0744. The van der Waals surface area contributed by atoms with Gasteiger partial charge in [0, 0.05) is 35.8 Å². The number of nitrogens with zero attached hydrogens (tertiary/aromatic N) is 1. The fourth-order valence-corrected chi connectivity index (χ4v) is 4.67. The number of hydrogen-bond acceptors (Lipinski definition) is 4. The highest BCUT2D eigenvalue weighted by molar-refractivity contribution is 5.94. The number of hydrogen-bond donors (Lipinski definition) is 1. The standard InChI is InChI=1S/C33H32N2O4/c1-37-28-12-8-11-26(20-28)33(36)35(18-17-27-21-34-30-14-7-6-13-29(27)30)22-25-15-16-31(38-2)32(19-25)39-23-24-9-4-3-5-10-24/h3-16,19-21,34H,17-18,22-23H2,1-2H3. The number of amides is 1. The zero-order valence-corrected chi connectivity index (χ0v) is 22.2. The molecule has 5 rings (SSSR count). The van der Waals surface area contributed by atoms with E-state index in [0.717, 1.165) is 16.6 Å². The molecule has 0 radical (unpaired) electrons. The summed E-state index contributed by atoms with van der Waals surface area (Å²) in [4.78, 5) is 19.0. The van der Waals surface area contributed by atoms with Crippen LogP contribution in [0.4, 0.5) is 0 Å². The predicted octanol–water partition coefficient (Wildman–Crippen LogP) is 6.65. The van der Waals surface area contributed by atoms with Crippen LogP contribution >= 0.6 is 0 Å². The van der Waals surface area contributed by atoms with Gasteiger partial charge in [0.05, 0.1) is 14.2 Å². The molecule has 1 aromatic heterocycles. The van der Waals surface area contributed by atoms with E-state index < -0.39 is 0 Å². The molecule has 0 saturated heterocycles. The number of ether oxygens (including phenoxy) is 3. The van der Waals surface area contributed by atoms with Gasteiger partial charge in [0.2, 0.25) is 0 Å². The summed E-state index contributed by atoms with van der Waals surface area (Å²) < 4.78 is 17.0. The van der Waals surface area contributed by atoms with Gasteiger partial charge in [-0.15, -0.1) is 0 Å². The summed E-state index contributed by atoms with van der Waals surface area (Å²) in [6.45, 7) is 1.39. The van der Waals surface area contributed by atoms with Crippen molar-refractivity contribution in [1.29, 1.82) is 0 Å². The smallest absolute Gasteiger partial charge is 0.254 e. The van der Waals surface area contributed by atoms with Crippen LogP contribution in [-0.2, 0) is 19.6 Å². The lowest BCUT2D eigenvalue weighted by Crippen LogP contribution is -2.32. The highest BCUT2D eigenvalue weighted by atomic mass is 16.5. The summed E-state index contributed by atoms with van der Waals surface area (Å²) in [5.41, 5.74) is 4.87. The molecule has 4 aromatic carbocycles. The molecular weight excluding hydrogens is 488 g/mol. The number of fused-ring (bicyclic) bond motifs is 1. The molecule has 1 heterocycles. The quantitative estimate of drug-likeness (QED) is 0.212. The molecule has 5 aromatic rings. The Balaban J connectivity index is 1.40. The van der Waals surface area contributed by atoms with Crippen LogP contribution in [0.2, 0.25) is 0 Å². The van der Waals surface area contributed by atoms with Gasteiger partial charge >= 0.3 is 0 Å². The maximum absolute atomic E-state index is 13.8. The number of para-hydroxylation sites is 1. The van der Waals surface area contributed by atoms with Crippen LogP contribution in [0.15, 0.2) is 103 Å². The molecule has 0 spiro atoms. The molecule has 1 N–H and O–H groups in total. The van der Waals surface area contributed by atoms with E-state index in [1.54, 1.807) is 20.3 Å². The van der Waals surface area contributed by atoms with E-state index in [0.29, 0.717) is 48.9 Å². The number of nitrogens with one attached hydrogen (secondary N) is 1. The van der Waals surface area contributed by atoms with Crippen molar-refractivity contribution in [3.63, 3.8) is 0 Å². The minimum atomic E-state index is -0.0590. The number of methoxy groups -OCH3 is 2. The Bertz CT molecular complexity index is 1540.